The number of pyridine rings is 1. The first-order valence-electron chi connectivity index (χ1n) is 8.71. The molecule has 0 unspecified atom stereocenters. The number of fused-ring (bicyclic) bond motifs is 1. The van der Waals surface area contributed by atoms with E-state index in [1.54, 1.807) is 13.1 Å². The highest BCUT2D eigenvalue weighted by Gasteiger charge is 2.22. The lowest BCUT2D eigenvalue weighted by Crippen LogP contribution is -2.11. The summed E-state index contributed by atoms with van der Waals surface area (Å²) in [6.07, 6.45) is 1.65. The fraction of sp³-hybridized carbons (Fsp3) is 0.316. The van der Waals surface area contributed by atoms with Crippen molar-refractivity contribution in [2.45, 2.75) is 26.8 Å². The number of carbonyl (C=O) groups is 2. The quantitative estimate of drug-likeness (QED) is 0.604. The number of ether oxygens (including phenoxy) is 2. The van der Waals surface area contributed by atoms with Crippen LogP contribution in [0.4, 0.5) is 5.82 Å². The molecule has 9 heteroatoms. The number of hydrogen-bond donors (Lipinski definition) is 1. The fourth-order valence-electron chi connectivity index (χ4n) is 2.66. The van der Waals surface area contributed by atoms with Gasteiger partial charge in [0, 0.05) is 6.20 Å². The second-order valence-corrected chi connectivity index (χ2v) is 6.87. The van der Waals surface area contributed by atoms with Crippen LogP contribution in [0.1, 0.15) is 33.7 Å². The lowest BCUT2D eigenvalue weighted by Gasteiger charge is -2.09. The number of thiophene rings is 1. The Balaban J connectivity index is 2.03. The van der Waals surface area contributed by atoms with E-state index < -0.39 is 11.9 Å². The molecule has 3 aromatic heterocycles. The summed E-state index contributed by atoms with van der Waals surface area (Å²) in [7, 11) is 1.31. The van der Waals surface area contributed by atoms with Gasteiger partial charge in [-0.1, -0.05) is 6.07 Å². The van der Waals surface area contributed by atoms with Crippen LogP contribution in [-0.4, -0.2) is 40.6 Å². The van der Waals surface area contributed by atoms with Gasteiger partial charge in [-0.15, -0.1) is 11.3 Å². The van der Waals surface area contributed by atoms with Crippen LogP contribution < -0.4 is 5.32 Å². The van der Waals surface area contributed by atoms with Crippen LogP contribution in [0.25, 0.3) is 10.2 Å². The Morgan fingerprint density at radius 1 is 1.25 bits per heavy atom. The summed E-state index contributed by atoms with van der Waals surface area (Å²) >= 11 is 1.22. The van der Waals surface area contributed by atoms with Crippen molar-refractivity contribution >= 4 is 39.3 Å². The molecule has 0 amide bonds. The zero-order valence-corrected chi connectivity index (χ0v) is 16.6. The van der Waals surface area contributed by atoms with Gasteiger partial charge in [0.2, 0.25) is 0 Å². The van der Waals surface area contributed by atoms with Crippen LogP contribution in [0.5, 0.6) is 0 Å². The minimum atomic E-state index is -0.436. The van der Waals surface area contributed by atoms with E-state index in [1.807, 2.05) is 25.1 Å². The van der Waals surface area contributed by atoms with Gasteiger partial charge in [0.1, 0.15) is 27.8 Å². The van der Waals surface area contributed by atoms with Gasteiger partial charge in [0.15, 0.2) is 0 Å². The number of esters is 2. The number of aryl methyl sites for hydroxylation is 1. The normalized spacial score (nSPS) is 10.7. The molecule has 3 aromatic rings. The number of methoxy groups -OCH3 is 1. The summed E-state index contributed by atoms with van der Waals surface area (Å²) < 4.78 is 9.85. The Bertz CT molecular complexity index is 1000. The Morgan fingerprint density at radius 2 is 2.07 bits per heavy atom. The Hall–Kier alpha value is -3.07. The molecule has 0 fully saturated rings. The number of aromatic nitrogens is 3. The molecule has 3 heterocycles. The molecule has 0 saturated carbocycles. The molecule has 0 atom stereocenters. The minimum absolute atomic E-state index is 0.0591. The topological polar surface area (TPSA) is 103 Å². The molecule has 0 bridgehead atoms. The molecule has 1 N–H and O–H groups in total. The highest BCUT2D eigenvalue weighted by atomic mass is 32.1. The Morgan fingerprint density at radius 3 is 2.75 bits per heavy atom. The molecule has 3 rings (SSSR count). The molecule has 0 aliphatic heterocycles. The van der Waals surface area contributed by atoms with Crippen LogP contribution in [0, 0.1) is 6.92 Å². The van der Waals surface area contributed by atoms with E-state index in [9.17, 15) is 9.59 Å². The zero-order chi connectivity index (χ0) is 20.1. The highest BCUT2D eigenvalue weighted by Crippen LogP contribution is 2.34. The third-order valence-corrected chi connectivity index (χ3v) is 5.16. The summed E-state index contributed by atoms with van der Waals surface area (Å²) in [4.78, 5) is 38.2. The average molecular weight is 400 g/mol. The van der Waals surface area contributed by atoms with Crippen molar-refractivity contribution < 1.29 is 19.1 Å². The second-order valence-electron chi connectivity index (χ2n) is 5.87. The molecule has 0 aromatic carbocycles. The van der Waals surface area contributed by atoms with Crippen molar-refractivity contribution in [1.29, 1.82) is 0 Å². The van der Waals surface area contributed by atoms with E-state index in [4.69, 9.17) is 9.47 Å². The zero-order valence-electron chi connectivity index (χ0n) is 15.8. The van der Waals surface area contributed by atoms with Crippen molar-refractivity contribution in [1.82, 2.24) is 15.0 Å². The molecule has 8 nitrogen and oxygen atoms in total. The highest BCUT2D eigenvalue weighted by molar-refractivity contribution is 7.20. The monoisotopic (exact) mass is 400 g/mol. The van der Waals surface area contributed by atoms with Gasteiger partial charge >= 0.3 is 11.9 Å². The van der Waals surface area contributed by atoms with Crippen LogP contribution in [0.3, 0.4) is 0 Å². The first-order valence-corrected chi connectivity index (χ1v) is 9.52. The summed E-state index contributed by atoms with van der Waals surface area (Å²) in [6.45, 7) is 4.32. The van der Waals surface area contributed by atoms with Crippen molar-refractivity contribution in [2.75, 3.05) is 19.0 Å². The van der Waals surface area contributed by atoms with Crippen LogP contribution in [0.2, 0.25) is 0 Å². The number of carbonyl (C=O) groups excluding carboxylic acids is 2. The molecule has 0 spiro atoms. The van der Waals surface area contributed by atoms with Crippen molar-refractivity contribution in [3.05, 3.63) is 46.4 Å². The number of nitrogens with one attached hydrogen (secondary N) is 1. The van der Waals surface area contributed by atoms with Crippen molar-refractivity contribution in [2.24, 2.45) is 0 Å². The van der Waals surface area contributed by atoms with Crippen molar-refractivity contribution in [3.63, 3.8) is 0 Å². The number of rotatable bonds is 7. The first kappa shape index (κ1) is 19.7. The van der Waals surface area contributed by atoms with Gasteiger partial charge < -0.3 is 14.8 Å². The Kier molecular flexibility index (Phi) is 6.15. The third kappa shape index (κ3) is 4.25. The SMILES string of the molecule is CCOC(=O)c1sc2nc(CC(=O)OC)nc(NCc3ccccn3)c2c1C. The molecule has 0 saturated heterocycles. The summed E-state index contributed by atoms with van der Waals surface area (Å²) in [6, 6.07) is 5.64. The van der Waals surface area contributed by atoms with Gasteiger partial charge in [0.05, 0.1) is 31.3 Å². The fourth-order valence-corrected chi connectivity index (χ4v) is 3.75. The smallest absolute Gasteiger partial charge is 0.348 e. The van der Waals surface area contributed by atoms with Crippen molar-refractivity contribution in [3.8, 4) is 0 Å². The van der Waals surface area contributed by atoms with E-state index >= 15 is 0 Å². The molecular weight excluding hydrogens is 380 g/mol. The molecule has 0 aliphatic rings. The van der Waals surface area contributed by atoms with Gasteiger partial charge in [-0.05, 0) is 31.5 Å². The van der Waals surface area contributed by atoms with E-state index in [1.165, 1.54) is 18.4 Å². The predicted molar refractivity (Wildman–Crippen MR) is 105 cm³/mol. The van der Waals surface area contributed by atoms with Gasteiger partial charge in [-0.3, -0.25) is 9.78 Å². The first-order chi connectivity index (χ1) is 13.5. The third-order valence-electron chi connectivity index (χ3n) is 3.99. The lowest BCUT2D eigenvalue weighted by molar-refractivity contribution is -0.139. The predicted octanol–water partition coefficient (Wildman–Crippen LogP) is 2.90. The number of nitrogens with zero attached hydrogens (tertiary/aromatic N) is 3. The van der Waals surface area contributed by atoms with Crippen LogP contribution >= 0.6 is 11.3 Å². The van der Waals surface area contributed by atoms with Crippen LogP contribution in [0.15, 0.2) is 24.4 Å². The summed E-state index contributed by atoms with van der Waals surface area (Å²) in [5.74, 6) is 0.0282. The Labute approximate surface area is 165 Å². The molecule has 0 radical (unpaired) electrons. The maximum atomic E-state index is 12.3. The van der Waals surface area contributed by atoms with E-state index in [0.29, 0.717) is 27.9 Å². The van der Waals surface area contributed by atoms with Crippen LogP contribution in [-0.2, 0) is 27.2 Å². The maximum Gasteiger partial charge on any atom is 0.348 e. The molecule has 28 heavy (non-hydrogen) atoms. The second kappa shape index (κ2) is 8.75. The summed E-state index contributed by atoms with van der Waals surface area (Å²) in [5, 5.41) is 3.98. The molecule has 146 valence electrons. The standard InChI is InChI=1S/C19H20N4O4S/c1-4-27-19(25)16-11(2)15-17(21-10-12-7-5-6-8-20-12)22-13(9-14(24)26-3)23-18(15)28-16/h5-8H,4,9-10H2,1-3H3,(H,21,22,23). The lowest BCUT2D eigenvalue weighted by atomic mass is 10.2. The van der Waals surface area contributed by atoms with E-state index in [2.05, 4.69) is 20.3 Å². The average Bonchev–Trinajstić information content (AvgIpc) is 3.03. The molecular formula is C19H20N4O4S. The number of hydrogen-bond acceptors (Lipinski definition) is 9. The minimum Gasteiger partial charge on any atom is -0.469 e. The summed E-state index contributed by atoms with van der Waals surface area (Å²) in [5.41, 5.74) is 1.58. The number of anilines is 1. The van der Waals surface area contributed by atoms with Gasteiger partial charge in [0.25, 0.3) is 0 Å². The largest absolute Gasteiger partial charge is 0.469 e. The van der Waals surface area contributed by atoms with E-state index in [0.717, 1.165) is 16.6 Å². The molecule has 0 aliphatic carbocycles. The maximum absolute atomic E-state index is 12.3. The van der Waals surface area contributed by atoms with Gasteiger partial charge in [-0.25, -0.2) is 14.8 Å². The van der Waals surface area contributed by atoms with E-state index in [-0.39, 0.29) is 13.0 Å². The van der Waals surface area contributed by atoms with Gasteiger partial charge in [-0.2, -0.15) is 0 Å².